The molecular weight excluding hydrogens is 362 g/mol. The van der Waals surface area contributed by atoms with E-state index in [1.54, 1.807) is 0 Å². The van der Waals surface area contributed by atoms with Gasteiger partial charge in [-0.15, -0.1) is 0 Å². The van der Waals surface area contributed by atoms with Crippen LogP contribution in [0.15, 0.2) is 36.5 Å². The Morgan fingerprint density at radius 2 is 1.70 bits per heavy atom. The molecule has 1 nitrogen and oxygen atoms in total. The SMILES string of the molecule is [2H]c1cc2cc(C(C)(C)C)cc3c2c([n+]1C)C(c1cc(C)cc(C)c1C)=C3CC(C)C. The molecule has 3 aromatic rings. The molecule has 1 heterocycles. The molecule has 0 aliphatic heterocycles. The maximum atomic E-state index is 8.73. The lowest BCUT2D eigenvalue weighted by molar-refractivity contribution is -0.672. The van der Waals surface area contributed by atoms with Gasteiger partial charge in [0.2, 0.25) is 5.69 Å². The van der Waals surface area contributed by atoms with Crippen LogP contribution in [0.5, 0.6) is 0 Å². The monoisotopic (exact) mass is 399 g/mol. The number of nitrogens with zero attached hydrogens (tertiary/aromatic N) is 1. The molecule has 30 heavy (non-hydrogen) atoms. The van der Waals surface area contributed by atoms with Crippen LogP contribution in [0.1, 0.15) is 81.5 Å². The third-order valence-corrected chi connectivity index (χ3v) is 6.58. The molecule has 1 aliphatic rings. The number of rotatable bonds is 3. The number of pyridine rings is 1. The van der Waals surface area contributed by atoms with E-state index in [4.69, 9.17) is 1.37 Å². The Bertz CT molecular complexity index is 1250. The van der Waals surface area contributed by atoms with Gasteiger partial charge >= 0.3 is 0 Å². The molecule has 2 aromatic carbocycles. The Morgan fingerprint density at radius 3 is 2.33 bits per heavy atom. The first-order chi connectivity index (χ1) is 14.4. The van der Waals surface area contributed by atoms with E-state index >= 15 is 0 Å². The van der Waals surface area contributed by atoms with Crippen LogP contribution in [0.25, 0.3) is 21.9 Å². The van der Waals surface area contributed by atoms with Crippen molar-refractivity contribution >= 4 is 21.9 Å². The molecule has 1 aliphatic carbocycles. The van der Waals surface area contributed by atoms with E-state index < -0.39 is 0 Å². The first kappa shape index (κ1) is 19.5. The van der Waals surface area contributed by atoms with E-state index in [1.165, 1.54) is 61.0 Å². The number of hydrogen-bond donors (Lipinski definition) is 0. The van der Waals surface area contributed by atoms with Crippen molar-refractivity contribution in [3.05, 3.63) is 75.6 Å². The third kappa shape index (κ3) is 3.29. The highest BCUT2D eigenvalue weighted by Crippen LogP contribution is 2.48. The maximum absolute atomic E-state index is 8.73. The quantitative estimate of drug-likeness (QED) is 0.410. The van der Waals surface area contributed by atoms with Crippen LogP contribution in [-0.4, -0.2) is 0 Å². The number of aryl methyl sites for hydroxylation is 2. The van der Waals surface area contributed by atoms with Crippen molar-refractivity contribution in [2.24, 2.45) is 13.0 Å². The van der Waals surface area contributed by atoms with E-state index in [0.29, 0.717) is 12.1 Å². The summed E-state index contributed by atoms with van der Waals surface area (Å²) in [5, 5.41) is 2.51. The lowest BCUT2D eigenvalue weighted by Gasteiger charge is -2.21. The van der Waals surface area contributed by atoms with Gasteiger partial charge in [-0.05, 0) is 77.3 Å². The third-order valence-electron chi connectivity index (χ3n) is 6.58. The van der Waals surface area contributed by atoms with Crippen LogP contribution in [0.2, 0.25) is 0 Å². The summed E-state index contributed by atoms with van der Waals surface area (Å²) >= 11 is 0. The van der Waals surface area contributed by atoms with Gasteiger partial charge in [-0.25, -0.2) is 4.57 Å². The predicted octanol–water partition coefficient (Wildman–Crippen LogP) is 7.21. The summed E-state index contributed by atoms with van der Waals surface area (Å²) in [7, 11) is 2.05. The molecule has 0 atom stereocenters. The fraction of sp³-hybridized carbons (Fsp3) is 0.414. The Balaban J connectivity index is 2.20. The average molecular weight is 400 g/mol. The second-order valence-corrected chi connectivity index (χ2v) is 10.6. The Kier molecular flexibility index (Phi) is 4.61. The van der Waals surface area contributed by atoms with E-state index in [9.17, 15) is 0 Å². The molecule has 0 N–H and O–H groups in total. The number of benzene rings is 2. The summed E-state index contributed by atoms with van der Waals surface area (Å²) in [6, 6.07) is 11.4. The first-order valence-corrected chi connectivity index (χ1v) is 11.2. The highest BCUT2D eigenvalue weighted by Gasteiger charge is 2.34. The zero-order chi connectivity index (χ0) is 22.8. The van der Waals surface area contributed by atoms with Gasteiger partial charge in [0.15, 0.2) is 6.17 Å². The van der Waals surface area contributed by atoms with Gasteiger partial charge in [-0.1, -0.05) is 64.4 Å². The van der Waals surface area contributed by atoms with Gasteiger partial charge in [-0.2, -0.15) is 0 Å². The van der Waals surface area contributed by atoms with E-state index in [1.807, 2.05) is 6.07 Å². The highest BCUT2D eigenvalue weighted by atomic mass is 14.9. The van der Waals surface area contributed by atoms with Crippen molar-refractivity contribution in [2.75, 3.05) is 0 Å². The molecule has 0 unspecified atom stereocenters. The second kappa shape index (κ2) is 7.08. The molecule has 4 rings (SSSR count). The van der Waals surface area contributed by atoms with Crippen molar-refractivity contribution in [1.82, 2.24) is 0 Å². The fourth-order valence-electron chi connectivity index (χ4n) is 4.89. The van der Waals surface area contributed by atoms with Crippen molar-refractivity contribution in [3.8, 4) is 0 Å². The molecule has 0 fully saturated rings. The Hall–Kier alpha value is -2.41. The van der Waals surface area contributed by atoms with Crippen LogP contribution in [0.3, 0.4) is 0 Å². The van der Waals surface area contributed by atoms with Gasteiger partial charge in [0, 0.05) is 6.07 Å². The standard InChI is InChI=1S/C29H36N/c1-17(2)12-24-25-16-22(29(6,7)8)15-21-10-11-30(9)28(26(21)25)27(24)23-14-18(3)13-19(4)20(23)5/h10-11,13-17H,12H2,1-9H3/q+1/i11D. The summed E-state index contributed by atoms with van der Waals surface area (Å²) in [5.41, 5.74) is 12.0. The zero-order valence-electron chi connectivity index (χ0n) is 21.1. The Morgan fingerprint density at radius 1 is 1.00 bits per heavy atom. The van der Waals surface area contributed by atoms with Gasteiger partial charge < -0.3 is 0 Å². The average Bonchev–Trinajstić information content (AvgIpc) is 2.96. The van der Waals surface area contributed by atoms with E-state index in [0.717, 1.165) is 6.42 Å². The van der Waals surface area contributed by atoms with Crippen molar-refractivity contribution in [1.29, 1.82) is 0 Å². The van der Waals surface area contributed by atoms with Crippen molar-refractivity contribution < 1.29 is 5.94 Å². The minimum absolute atomic E-state index is 0.0621. The summed E-state index contributed by atoms with van der Waals surface area (Å²) in [6.45, 7) is 18.1. The lowest BCUT2D eigenvalue weighted by atomic mass is 9.83. The molecular formula is C29H36N+. The molecule has 0 radical (unpaired) electrons. The van der Waals surface area contributed by atoms with E-state index in [-0.39, 0.29) is 5.41 Å². The molecule has 0 saturated carbocycles. The fourth-order valence-corrected chi connectivity index (χ4v) is 4.89. The molecule has 1 heteroatoms. The molecule has 0 saturated heterocycles. The zero-order valence-corrected chi connectivity index (χ0v) is 20.1. The van der Waals surface area contributed by atoms with Crippen LogP contribution in [0.4, 0.5) is 0 Å². The normalized spacial score (nSPS) is 14.3. The number of allylic oxidation sites excluding steroid dienone is 1. The van der Waals surface area contributed by atoms with Crippen molar-refractivity contribution in [3.63, 3.8) is 0 Å². The van der Waals surface area contributed by atoms with Gasteiger partial charge in [0.05, 0.1) is 11.0 Å². The molecule has 0 bridgehead atoms. The highest BCUT2D eigenvalue weighted by molar-refractivity contribution is 6.16. The summed E-state index contributed by atoms with van der Waals surface area (Å²) in [4.78, 5) is 0. The van der Waals surface area contributed by atoms with Crippen LogP contribution >= 0.6 is 0 Å². The molecule has 0 spiro atoms. The molecule has 1 aromatic heterocycles. The minimum Gasteiger partial charge on any atom is -0.200 e. The topological polar surface area (TPSA) is 3.88 Å². The first-order valence-electron chi connectivity index (χ1n) is 11.7. The molecule has 0 amide bonds. The largest absolute Gasteiger partial charge is 0.221 e. The maximum Gasteiger partial charge on any atom is 0.221 e. The number of aromatic nitrogens is 1. The molecule has 156 valence electrons. The predicted molar refractivity (Wildman–Crippen MR) is 130 cm³/mol. The van der Waals surface area contributed by atoms with Crippen LogP contribution in [0, 0.1) is 26.7 Å². The summed E-state index contributed by atoms with van der Waals surface area (Å²) in [6.07, 6.45) is 1.59. The second-order valence-electron chi connectivity index (χ2n) is 10.6. The summed E-state index contributed by atoms with van der Waals surface area (Å²) in [5.74, 6) is 0.555. The van der Waals surface area contributed by atoms with Gasteiger partial charge in [-0.3, -0.25) is 0 Å². The van der Waals surface area contributed by atoms with Gasteiger partial charge in [0.25, 0.3) is 0 Å². The van der Waals surface area contributed by atoms with Gasteiger partial charge in [0.1, 0.15) is 8.42 Å². The number of hydrogen-bond acceptors (Lipinski definition) is 0. The van der Waals surface area contributed by atoms with Crippen LogP contribution < -0.4 is 4.57 Å². The van der Waals surface area contributed by atoms with E-state index in [2.05, 4.69) is 91.3 Å². The smallest absolute Gasteiger partial charge is 0.200 e. The minimum atomic E-state index is 0.0621. The lowest BCUT2D eigenvalue weighted by Crippen LogP contribution is -2.32. The van der Waals surface area contributed by atoms with Crippen LogP contribution in [-0.2, 0) is 12.5 Å². The summed E-state index contributed by atoms with van der Waals surface area (Å²) < 4.78 is 10.8. The van der Waals surface area contributed by atoms with Crippen molar-refractivity contribution in [2.45, 2.75) is 67.2 Å². The Labute approximate surface area is 183 Å².